The largest absolute Gasteiger partial charge is 0.448 e. The number of imidazole rings is 1. The van der Waals surface area contributed by atoms with E-state index in [9.17, 15) is 9.59 Å². The summed E-state index contributed by atoms with van der Waals surface area (Å²) < 4.78 is 8.70. The van der Waals surface area contributed by atoms with Crippen LogP contribution >= 0.6 is 0 Å². The maximum atomic E-state index is 11.7. The second-order valence-corrected chi connectivity index (χ2v) is 7.61. The number of aromatic nitrogens is 7. The molecule has 0 aromatic carbocycles. The fourth-order valence-corrected chi connectivity index (χ4v) is 3.78. The highest BCUT2D eigenvalue weighted by Crippen LogP contribution is 2.23. The van der Waals surface area contributed by atoms with Crippen molar-refractivity contribution in [3.63, 3.8) is 0 Å². The Morgan fingerprint density at radius 1 is 1.22 bits per heavy atom. The first kappa shape index (κ1) is 21.5. The van der Waals surface area contributed by atoms with Crippen LogP contribution < -0.4 is 5.56 Å². The number of amides is 1. The monoisotopic (exact) mass is 438 g/mol. The van der Waals surface area contributed by atoms with Crippen LogP contribution in [0.15, 0.2) is 28.0 Å². The van der Waals surface area contributed by atoms with Gasteiger partial charge < -0.3 is 18.9 Å². The van der Waals surface area contributed by atoms with Crippen molar-refractivity contribution in [2.75, 3.05) is 13.1 Å². The molecule has 1 saturated heterocycles. The lowest BCUT2D eigenvalue weighted by Gasteiger charge is -2.12. The summed E-state index contributed by atoms with van der Waals surface area (Å²) >= 11 is 0. The van der Waals surface area contributed by atoms with E-state index in [2.05, 4.69) is 25.0 Å². The van der Waals surface area contributed by atoms with Crippen LogP contribution in [0.1, 0.15) is 41.8 Å². The van der Waals surface area contributed by atoms with Crippen molar-refractivity contribution >= 4 is 17.1 Å². The third-order valence-corrected chi connectivity index (χ3v) is 5.54. The van der Waals surface area contributed by atoms with Crippen LogP contribution in [0.2, 0.25) is 0 Å². The van der Waals surface area contributed by atoms with Gasteiger partial charge in [-0.3, -0.25) is 14.3 Å². The maximum Gasteiger partial charge on any atom is 0.278 e. The highest BCUT2D eigenvalue weighted by Gasteiger charge is 2.21. The summed E-state index contributed by atoms with van der Waals surface area (Å²) in [6.45, 7) is 8.26. The fourth-order valence-electron chi connectivity index (χ4n) is 3.78. The van der Waals surface area contributed by atoms with Crippen molar-refractivity contribution in [1.29, 1.82) is 0 Å². The molecule has 5 heterocycles. The first-order valence-corrected chi connectivity index (χ1v) is 10.5. The molecular weight excluding hydrogens is 412 g/mol. The van der Waals surface area contributed by atoms with E-state index in [4.69, 9.17) is 4.42 Å². The van der Waals surface area contributed by atoms with Gasteiger partial charge in [0, 0.05) is 39.3 Å². The number of nitrogens with zero attached hydrogens (tertiary/aromatic N) is 7. The molecule has 4 aromatic heterocycles. The Morgan fingerprint density at radius 3 is 2.56 bits per heavy atom. The molecule has 0 saturated carbocycles. The number of carbonyl (C=O) groups excluding carboxylic acids is 1. The predicted octanol–water partition coefficient (Wildman–Crippen LogP) is 2.07. The van der Waals surface area contributed by atoms with Gasteiger partial charge in [-0.05, 0) is 26.7 Å². The number of rotatable bonds is 3. The highest BCUT2D eigenvalue weighted by molar-refractivity contribution is 5.92. The van der Waals surface area contributed by atoms with Crippen molar-refractivity contribution in [2.45, 2.75) is 40.2 Å². The van der Waals surface area contributed by atoms with Crippen LogP contribution in [0.3, 0.4) is 0 Å². The summed E-state index contributed by atoms with van der Waals surface area (Å²) in [5.74, 6) is 1.24. The molecule has 0 aliphatic carbocycles. The van der Waals surface area contributed by atoms with E-state index in [0.717, 1.165) is 43.7 Å². The Morgan fingerprint density at radius 2 is 1.97 bits per heavy atom. The van der Waals surface area contributed by atoms with Crippen LogP contribution in [-0.2, 0) is 13.6 Å². The summed E-state index contributed by atoms with van der Waals surface area (Å²) in [5, 5.41) is 4.30. The SMILES string of the molecule is CCn1ncc(-c2nc3c(=O)[nH]cnc3n2C)c1C.Cc1nc(C(=O)N2CCCC2)co1. The molecule has 4 aromatic rings. The van der Waals surface area contributed by atoms with Gasteiger partial charge in [0.15, 0.2) is 22.7 Å². The number of aryl methyl sites for hydroxylation is 3. The van der Waals surface area contributed by atoms with Crippen molar-refractivity contribution in [3.05, 3.63) is 46.4 Å². The second-order valence-electron chi connectivity index (χ2n) is 7.61. The number of fused-ring (bicyclic) bond motifs is 1. The van der Waals surface area contributed by atoms with Crippen LogP contribution in [0.25, 0.3) is 22.6 Å². The van der Waals surface area contributed by atoms with Gasteiger partial charge in [0.2, 0.25) is 0 Å². The van der Waals surface area contributed by atoms with E-state index in [1.165, 1.54) is 12.6 Å². The number of nitrogens with one attached hydrogen (secondary N) is 1. The van der Waals surface area contributed by atoms with E-state index < -0.39 is 0 Å². The van der Waals surface area contributed by atoms with Gasteiger partial charge in [-0.2, -0.15) is 5.10 Å². The molecular formula is C21H26N8O3. The summed E-state index contributed by atoms with van der Waals surface area (Å²) in [7, 11) is 1.85. The molecule has 1 N–H and O–H groups in total. The van der Waals surface area contributed by atoms with E-state index in [1.54, 1.807) is 13.1 Å². The zero-order valence-corrected chi connectivity index (χ0v) is 18.6. The van der Waals surface area contributed by atoms with Crippen molar-refractivity contribution in [1.82, 2.24) is 39.2 Å². The fraction of sp³-hybridized carbons (Fsp3) is 0.429. The molecule has 0 spiro atoms. The quantitative estimate of drug-likeness (QED) is 0.518. The average Bonchev–Trinajstić information content (AvgIpc) is 3.57. The molecule has 32 heavy (non-hydrogen) atoms. The topological polar surface area (TPSA) is 128 Å². The van der Waals surface area contributed by atoms with Crippen LogP contribution in [0.4, 0.5) is 0 Å². The number of carbonyl (C=O) groups is 1. The predicted molar refractivity (Wildman–Crippen MR) is 117 cm³/mol. The molecule has 11 heteroatoms. The van der Waals surface area contributed by atoms with Crippen molar-refractivity contribution in [2.24, 2.45) is 7.05 Å². The molecule has 1 aliphatic heterocycles. The maximum absolute atomic E-state index is 11.7. The van der Waals surface area contributed by atoms with Crippen molar-refractivity contribution < 1.29 is 9.21 Å². The lowest BCUT2D eigenvalue weighted by atomic mass is 10.2. The van der Waals surface area contributed by atoms with Gasteiger partial charge in [0.1, 0.15) is 12.1 Å². The molecule has 168 valence electrons. The molecule has 0 bridgehead atoms. The Balaban J connectivity index is 0.000000165. The normalized spacial score (nSPS) is 13.4. The van der Waals surface area contributed by atoms with E-state index in [0.29, 0.717) is 28.6 Å². The lowest BCUT2D eigenvalue weighted by molar-refractivity contribution is 0.0787. The molecule has 0 atom stereocenters. The van der Waals surface area contributed by atoms with Crippen molar-refractivity contribution in [3.8, 4) is 11.4 Å². The average molecular weight is 438 g/mol. The van der Waals surface area contributed by atoms with Gasteiger partial charge in [-0.25, -0.2) is 15.0 Å². The van der Waals surface area contributed by atoms with Crippen LogP contribution in [0, 0.1) is 13.8 Å². The molecule has 1 fully saturated rings. The van der Waals surface area contributed by atoms with Gasteiger partial charge in [-0.1, -0.05) is 0 Å². The number of oxazole rings is 1. The van der Waals surface area contributed by atoms with Gasteiger partial charge in [0.05, 0.1) is 18.1 Å². The van der Waals surface area contributed by atoms with Crippen LogP contribution in [-0.4, -0.2) is 58.2 Å². The van der Waals surface area contributed by atoms with E-state index in [-0.39, 0.29) is 11.5 Å². The first-order valence-electron chi connectivity index (χ1n) is 10.5. The minimum Gasteiger partial charge on any atom is -0.448 e. The highest BCUT2D eigenvalue weighted by atomic mass is 16.3. The number of aromatic amines is 1. The van der Waals surface area contributed by atoms with Crippen LogP contribution in [0.5, 0.6) is 0 Å². The number of hydrogen-bond donors (Lipinski definition) is 1. The first-order chi connectivity index (χ1) is 15.4. The zero-order valence-electron chi connectivity index (χ0n) is 18.6. The summed E-state index contributed by atoms with van der Waals surface area (Å²) in [6.07, 6.45) is 6.79. The molecule has 5 rings (SSSR count). The molecule has 0 radical (unpaired) electrons. The van der Waals surface area contributed by atoms with E-state index in [1.807, 2.05) is 35.0 Å². The Kier molecular flexibility index (Phi) is 5.89. The smallest absolute Gasteiger partial charge is 0.278 e. The Bertz CT molecular complexity index is 1310. The number of likely N-dealkylation sites (tertiary alicyclic amines) is 1. The lowest BCUT2D eigenvalue weighted by Crippen LogP contribution is -2.27. The zero-order chi connectivity index (χ0) is 22.8. The van der Waals surface area contributed by atoms with Gasteiger partial charge in [0.25, 0.3) is 11.5 Å². The van der Waals surface area contributed by atoms with Gasteiger partial charge >= 0.3 is 0 Å². The summed E-state index contributed by atoms with van der Waals surface area (Å²) in [5.41, 5.74) is 3.07. The molecule has 0 unspecified atom stereocenters. The van der Waals surface area contributed by atoms with Gasteiger partial charge in [-0.15, -0.1) is 0 Å². The third kappa shape index (κ3) is 3.93. The molecule has 1 amide bonds. The Hall–Kier alpha value is -3.76. The third-order valence-electron chi connectivity index (χ3n) is 5.54. The molecule has 11 nitrogen and oxygen atoms in total. The second kappa shape index (κ2) is 8.77. The molecule has 1 aliphatic rings. The number of H-pyrrole nitrogens is 1. The minimum atomic E-state index is -0.229. The standard InChI is InChI=1S/C12H14N6O.C9H12N2O2/c1-4-18-7(2)8(5-15-18)10-16-9-11(17(10)3)13-6-14-12(9)19;1-7-10-8(6-13-7)9(12)11-4-2-3-5-11/h5-6H,4H2,1-3H3,(H,13,14,19);6H,2-5H2,1H3. The Labute approximate surface area is 184 Å². The minimum absolute atomic E-state index is 0.00523. The number of hydrogen-bond acceptors (Lipinski definition) is 7. The summed E-state index contributed by atoms with van der Waals surface area (Å²) in [6, 6.07) is 0. The van der Waals surface area contributed by atoms with E-state index >= 15 is 0 Å². The summed E-state index contributed by atoms with van der Waals surface area (Å²) in [4.78, 5) is 40.3.